The fourth-order valence-corrected chi connectivity index (χ4v) is 4.55. The average molecular weight is 422 g/mol. The van der Waals surface area contributed by atoms with E-state index in [4.69, 9.17) is 23.2 Å². The lowest BCUT2D eigenvalue weighted by atomic mass is 10.2. The molecule has 1 aliphatic rings. The molecule has 1 aromatic carbocycles. The molecule has 1 aliphatic heterocycles. The Hall–Kier alpha value is -0.860. The van der Waals surface area contributed by atoms with Gasteiger partial charge in [-0.3, -0.25) is 9.69 Å². The molecule has 1 fully saturated rings. The quantitative estimate of drug-likeness (QED) is 0.733. The van der Waals surface area contributed by atoms with Crippen LogP contribution in [0, 0.1) is 0 Å². The van der Waals surface area contributed by atoms with Gasteiger partial charge in [-0.2, -0.15) is 4.31 Å². The van der Waals surface area contributed by atoms with Gasteiger partial charge in [-0.1, -0.05) is 36.2 Å². The molecule has 9 heteroatoms. The van der Waals surface area contributed by atoms with Crippen molar-refractivity contribution < 1.29 is 13.2 Å². The summed E-state index contributed by atoms with van der Waals surface area (Å²) < 4.78 is 26.7. The van der Waals surface area contributed by atoms with E-state index in [1.54, 1.807) is 18.2 Å². The van der Waals surface area contributed by atoms with Crippen LogP contribution in [-0.2, 0) is 20.6 Å². The topological polar surface area (TPSA) is 69.7 Å². The van der Waals surface area contributed by atoms with Crippen molar-refractivity contribution in [2.75, 3.05) is 32.7 Å². The molecular weight excluding hydrogens is 397 g/mol. The fourth-order valence-electron chi connectivity index (χ4n) is 2.72. The maximum atomic E-state index is 12.6. The van der Waals surface area contributed by atoms with E-state index in [1.165, 1.54) is 4.31 Å². The molecule has 0 saturated carbocycles. The van der Waals surface area contributed by atoms with Gasteiger partial charge in [0.05, 0.1) is 22.3 Å². The highest BCUT2D eigenvalue weighted by Gasteiger charge is 2.28. The van der Waals surface area contributed by atoms with Crippen molar-refractivity contribution in [1.29, 1.82) is 0 Å². The summed E-state index contributed by atoms with van der Waals surface area (Å²) in [6.07, 6.45) is 0.881. The molecule has 0 aromatic heterocycles. The molecule has 1 unspecified atom stereocenters. The SMILES string of the molecule is CCC(C)NC(=O)CN1CCN(S(=O)(=O)Cc2ccc(Cl)c(Cl)c2)CC1. The lowest BCUT2D eigenvalue weighted by molar-refractivity contribution is -0.123. The second-order valence-electron chi connectivity index (χ2n) is 6.56. The van der Waals surface area contributed by atoms with Crippen LogP contribution in [0.4, 0.5) is 0 Å². The van der Waals surface area contributed by atoms with Gasteiger partial charge in [0.15, 0.2) is 0 Å². The molecule has 0 radical (unpaired) electrons. The van der Waals surface area contributed by atoms with Gasteiger partial charge in [-0.05, 0) is 31.0 Å². The van der Waals surface area contributed by atoms with Crippen LogP contribution in [0.3, 0.4) is 0 Å². The summed E-state index contributed by atoms with van der Waals surface area (Å²) in [6, 6.07) is 5.00. The fraction of sp³-hybridized carbons (Fsp3) is 0.588. The number of hydrogen-bond acceptors (Lipinski definition) is 4. The first kappa shape index (κ1) is 21.4. The van der Waals surface area contributed by atoms with E-state index in [0.29, 0.717) is 48.3 Å². The maximum absolute atomic E-state index is 12.6. The lowest BCUT2D eigenvalue weighted by Crippen LogP contribution is -2.51. The summed E-state index contributed by atoms with van der Waals surface area (Å²) in [5, 5.41) is 3.67. The minimum atomic E-state index is -3.44. The van der Waals surface area contributed by atoms with Crippen LogP contribution in [0.2, 0.25) is 10.0 Å². The standard InChI is InChI=1S/C17H25Cl2N3O3S/c1-3-13(2)20-17(23)11-21-6-8-22(9-7-21)26(24,25)12-14-4-5-15(18)16(19)10-14/h4-5,10,13H,3,6-9,11-12H2,1-2H3,(H,20,23). The molecule has 26 heavy (non-hydrogen) atoms. The molecule has 1 N–H and O–H groups in total. The Bertz CT molecular complexity index is 735. The zero-order chi connectivity index (χ0) is 19.3. The zero-order valence-electron chi connectivity index (χ0n) is 15.0. The van der Waals surface area contributed by atoms with Crippen molar-refractivity contribution in [3.8, 4) is 0 Å². The van der Waals surface area contributed by atoms with Crippen LogP contribution in [0.5, 0.6) is 0 Å². The molecule has 2 rings (SSSR count). The number of amides is 1. The molecule has 0 aliphatic carbocycles. The first-order valence-corrected chi connectivity index (χ1v) is 11.0. The van der Waals surface area contributed by atoms with E-state index in [2.05, 4.69) is 5.32 Å². The summed E-state index contributed by atoms with van der Waals surface area (Å²) in [7, 11) is -3.44. The largest absolute Gasteiger partial charge is 0.353 e. The lowest BCUT2D eigenvalue weighted by Gasteiger charge is -2.33. The third-order valence-electron chi connectivity index (χ3n) is 4.44. The third kappa shape index (κ3) is 6.09. The summed E-state index contributed by atoms with van der Waals surface area (Å²) >= 11 is 11.8. The van der Waals surface area contributed by atoms with Gasteiger partial charge in [0, 0.05) is 32.2 Å². The van der Waals surface area contributed by atoms with E-state index >= 15 is 0 Å². The molecule has 0 spiro atoms. The minimum Gasteiger partial charge on any atom is -0.353 e. The Morgan fingerprint density at radius 2 is 1.85 bits per heavy atom. The average Bonchev–Trinajstić information content (AvgIpc) is 2.58. The predicted molar refractivity (Wildman–Crippen MR) is 105 cm³/mol. The van der Waals surface area contributed by atoms with Crippen LogP contribution < -0.4 is 5.32 Å². The number of hydrogen-bond donors (Lipinski definition) is 1. The Morgan fingerprint density at radius 3 is 2.42 bits per heavy atom. The van der Waals surface area contributed by atoms with E-state index < -0.39 is 10.0 Å². The highest BCUT2D eigenvalue weighted by molar-refractivity contribution is 7.88. The molecule has 0 bridgehead atoms. The summed E-state index contributed by atoms with van der Waals surface area (Å²) in [5.74, 6) is -0.135. The molecule has 1 amide bonds. The zero-order valence-corrected chi connectivity index (χ0v) is 17.4. The molecule has 1 atom stereocenters. The molecule has 6 nitrogen and oxygen atoms in total. The number of benzene rings is 1. The minimum absolute atomic E-state index is 0.0218. The molecule has 1 aromatic rings. The van der Waals surface area contributed by atoms with Crippen molar-refractivity contribution in [1.82, 2.24) is 14.5 Å². The number of piperazine rings is 1. The van der Waals surface area contributed by atoms with Crippen LogP contribution >= 0.6 is 23.2 Å². The predicted octanol–water partition coefficient (Wildman–Crippen LogP) is 2.36. The number of carbonyl (C=O) groups excluding carboxylic acids is 1. The van der Waals surface area contributed by atoms with E-state index in [1.807, 2.05) is 18.7 Å². The number of sulfonamides is 1. The van der Waals surface area contributed by atoms with Gasteiger partial charge in [-0.15, -0.1) is 0 Å². The van der Waals surface area contributed by atoms with Crippen molar-refractivity contribution in [3.63, 3.8) is 0 Å². The maximum Gasteiger partial charge on any atom is 0.234 e. The normalized spacial score (nSPS) is 17.8. The Labute approximate surface area is 165 Å². The van der Waals surface area contributed by atoms with Gasteiger partial charge in [-0.25, -0.2) is 8.42 Å². The van der Waals surface area contributed by atoms with Crippen molar-refractivity contribution in [2.24, 2.45) is 0 Å². The number of carbonyl (C=O) groups is 1. The Kier molecular flexibility index (Phi) is 7.73. The van der Waals surface area contributed by atoms with Gasteiger partial charge in [0.2, 0.25) is 15.9 Å². The number of nitrogens with one attached hydrogen (secondary N) is 1. The smallest absolute Gasteiger partial charge is 0.234 e. The first-order chi connectivity index (χ1) is 12.2. The van der Waals surface area contributed by atoms with Crippen molar-refractivity contribution >= 4 is 39.1 Å². The van der Waals surface area contributed by atoms with Crippen LogP contribution in [-0.4, -0.2) is 62.3 Å². The van der Waals surface area contributed by atoms with Gasteiger partial charge < -0.3 is 5.32 Å². The van der Waals surface area contributed by atoms with E-state index in [0.717, 1.165) is 6.42 Å². The Balaban J connectivity index is 1.87. The molecule has 1 saturated heterocycles. The number of halogens is 2. The highest BCUT2D eigenvalue weighted by Crippen LogP contribution is 2.24. The van der Waals surface area contributed by atoms with E-state index in [9.17, 15) is 13.2 Å². The van der Waals surface area contributed by atoms with Crippen LogP contribution in [0.15, 0.2) is 18.2 Å². The number of rotatable bonds is 7. The van der Waals surface area contributed by atoms with Crippen molar-refractivity contribution in [3.05, 3.63) is 33.8 Å². The monoisotopic (exact) mass is 421 g/mol. The Morgan fingerprint density at radius 1 is 1.19 bits per heavy atom. The molecule has 1 heterocycles. The van der Waals surface area contributed by atoms with Crippen LogP contribution in [0.1, 0.15) is 25.8 Å². The summed E-state index contributed by atoms with van der Waals surface area (Å²) in [5.41, 5.74) is 0.606. The van der Waals surface area contributed by atoms with Crippen molar-refractivity contribution in [2.45, 2.75) is 32.1 Å². The molecular formula is C17H25Cl2N3O3S. The number of nitrogens with zero attached hydrogens (tertiary/aromatic N) is 2. The second-order valence-corrected chi connectivity index (χ2v) is 9.34. The highest BCUT2D eigenvalue weighted by atomic mass is 35.5. The second kappa shape index (κ2) is 9.37. The molecule has 146 valence electrons. The van der Waals surface area contributed by atoms with E-state index in [-0.39, 0.29) is 17.7 Å². The van der Waals surface area contributed by atoms with Crippen LogP contribution in [0.25, 0.3) is 0 Å². The van der Waals surface area contributed by atoms with Gasteiger partial charge >= 0.3 is 0 Å². The summed E-state index contributed by atoms with van der Waals surface area (Å²) in [4.78, 5) is 13.9. The van der Waals surface area contributed by atoms with Gasteiger partial charge in [0.1, 0.15) is 0 Å². The summed E-state index contributed by atoms with van der Waals surface area (Å²) in [6.45, 7) is 6.10. The first-order valence-electron chi connectivity index (χ1n) is 8.64. The third-order valence-corrected chi connectivity index (χ3v) is 7.03. The van der Waals surface area contributed by atoms with Gasteiger partial charge in [0.25, 0.3) is 0 Å².